The molecule has 0 heterocycles. The minimum absolute atomic E-state index is 0.136. The Hall–Kier alpha value is -1.22. The highest BCUT2D eigenvalue weighted by atomic mass is 35.5. The maximum Gasteiger partial charge on any atom is 0.303 e. The first-order valence-corrected chi connectivity index (χ1v) is 5.76. The number of ether oxygens (including phenoxy) is 1. The number of methoxy groups -OCH3 is 1. The molecule has 0 bridgehead atoms. The van der Waals surface area contributed by atoms with Gasteiger partial charge in [-0.1, -0.05) is 31.5 Å². The smallest absolute Gasteiger partial charge is 0.303 e. The molecule has 4 heteroatoms. The van der Waals surface area contributed by atoms with Gasteiger partial charge in [0, 0.05) is 0 Å². The minimum Gasteiger partial charge on any atom is -0.495 e. The fourth-order valence-electron chi connectivity index (χ4n) is 1.84. The molecule has 0 saturated heterocycles. The second kappa shape index (κ2) is 5.41. The third-order valence-corrected chi connectivity index (χ3v) is 2.82. The van der Waals surface area contributed by atoms with E-state index < -0.39 is 5.97 Å². The molecule has 1 aromatic rings. The Kier molecular flexibility index (Phi) is 4.40. The Labute approximate surface area is 106 Å². The van der Waals surface area contributed by atoms with Gasteiger partial charge in [-0.25, -0.2) is 0 Å². The summed E-state index contributed by atoms with van der Waals surface area (Å²) in [5.41, 5.74) is 0.728. The zero-order chi connectivity index (χ0) is 13.1. The van der Waals surface area contributed by atoms with Crippen LogP contribution in [0.1, 0.15) is 25.8 Å². The first kappa shape index (κ1) is 13.8. The SMILES string of the molecule is COc1ccc(CC(C)(C)CC(=O)O)cc1Cl. The van der Waals surface area contributed by atoms with Crippen molar-refractivity contribution in [1.29, 1.82) is 0 Å². The Balaban J connectivity index is 2.81. The van der Waals surface area contributed by atoms with Crippen LogP contribution in [0, 0.1) is 5.41 Å². The average Bonchev–Trinajstić information content (AvgIpc) is 2.14. The third-order valence-electron chi connectivity index (χ3n) is 2.53. The predicted octanol–water partition coefficient (Wildman–Crippen LogP) is 3.39. The van der Waals surface area contributed by atoms with Crippen LogP contribution in [0.4, 0.5) is 0 Å². The molecular weight excluding hydrogens is 240 g/mol. The molecule has 94 valence electrons. The summed E-state index contributed by atoms with van der Waals surface area (Å²) in [7, 11) is 1.56. The molecule has 1 aromatic carbocycles. The Morgan fingerprint density at radius 3 is 2.59 bits per heavy atom. The van der Waals surface area contributed by atoms with E-state index in [4.69, 9.17) is 21.4 Å². The highest BCUT2D eigenvalue weighted by molar-refractivity contribution is 6.32. The molecule has 0 aliphatic heterocycles. The van der Waals surface area contributed by atoms with Gasteiger partial charge >= 0.3 is 5.97 Å². The quantitative estimate of drug-likeness (QED) is 0.878. The van der Waals surface area contributed by atoms with Crippen LogP contribution in [0.5, 0.6) is 5.75 Å². The molecule has 0 spiro atoms. The lowest BCUT2D eigenvalue weighted by Crippen LogP contribution is -2.19. The summed E-state index contributed by atoms with van der Waals surface area (Å²) in [4.78, 5) is 10.7. The number of halogens is 1. The van der Waals surface area contributed by atoms with E-state index in [1.165, 1.54) is 0 Å². The highest BCUT2D eigenvalue weighted by Gasteiger charge is 2.22. The van der Waals surface area contributed by atoms with Crippen LogP contribution >= 0.6 is 11.6 Å². The van der Waals surface area contributed by atoms with Gasteiger partial charge in [-0.2, -0.15) is 0 Å². The highest BCUT2D eigenvalue weighted by Crippen LogP contribution is 2.30. The first-order valence-electron chi connectivity index (χ1n) is 5.38. The summed E-state index contributed by atoms with van der Waals surface area (Å²) >= 11 is 6.02. The van der Waals surface area contributed by atoms with Crippen molar-refractivity contribution in [2.24, 2.45) is 5.41 Å². The molecule has 1 N–H and O–H groups in total. The van der Waals surface area contributed by atoms with Crippen molar-refractivity contribution in [3.05, 3.63) is 28.8 Å². The third kappa shape index (κ3) is 4.27. The van der Waals surface area contributed by atoms with Gasteiger partial charge in [0.05, 0.1) is 18.6 Å². The second-order valence-corrected chi connectivity index (χ2v) is 5.29. The summed E-state index contributed by atoms with van der Waals surface area (Å²) in [6.45, 7) is 3.86. The minimum atomic E-state index is -0.783. The van der Waals surface area contributed by atoms with E-state index in [1.54, 1.807) is 13.2 Å². The molecule has 0 aliphatic carbocycles. The standard InChI is InChI=1S/C13H17ClO3/c1-13(2,8-12(15)16)7-9-4-5-11(17-3)10(14)6-9/h4-6H,7-8H2,1-3H3,(H,15,16). The van der Waals surface area contributed by atoms with Gasteiger partial charge in [-0.15, -0.1) is 0 Å². The normalized spacial score (nSPS) is 11.3. The second-order valence-electron chi connectivity index (χ2n) is 4.88. The van der Waals surface area contributed by atoms with Gasteiger partial charge in [0.2, 0.25) is 0 Å². The molecule has 0 amide bonds. The summed E-state index contributed by atoms with van der Waals surface area (Å²) in [6.07, 6.45) is 0.805. The molecule has 0 atom stereocenters. The van der Waals surface area contributed by atoms with Crippen LogP contribution < -0.4 is 4.74 Å². The van der Waals surface area contributed by atoms with Crippen molar-refractivity contribution in [3.63, 3.8) is 0 Å². The van der Waals surface area contributed by atoms with Crippen LogP contribution in [0.3, 0.4) is 0 Å². The van der Waals surface area contributed by atoms with Crippen molar-refractivity contribution in [1.82, 2.24) is 0 Å². The average molecular weight is 257 g/mol. The van der Waals surface area contributed by atoms with Gasteiger partial charge in [0.25, 0.3) is 0 Å². The van der Waals surface area contributed by atoms with Crippen molar-refractivity contribution in [3.8, 4) is 5.75 Å². The van der Waals surface area contributed by atoms with Gasteiger partial charge < -0.3 is 9.84 Å². The predicted molar refractivity (Wildman–Crippen MR) is 67.7 cm³/mol. The lowest BCUT2D eigenvalue weighted by molar-refractivity contribution is -0.139. The van der Waals surface area contributed by atoms with E-state index in [9.17, 15) is 4.79 Å². The van der Waals surface area contributed by atoms with E-state index >= 15 is 0 Å². The number of rotatable bonds is 5. The molecule has 0 radical (unpaired) electrons. The lowest BCUT2D eigenvalue weighted by Gasteiger charge is -2.22. The molecule has 17 heavy (non-hydrogen) atoms. The molecular formula is C13H17ClO3. The molecule has 0 unspecified atom stereocenters. The number of carboxylic acid groups (broad SMARTS) is 1. The monoisotopic (exact) mass is 256 g/mol. The zero-order valence-electron chi connectivity index (χ0n) is 10.3. The number of hydrogen-bond acceptors (Lipinski definition) is 2. The summed E-state index contributed by atoms with van der Waals surface area (Å²) < 4.78 is 5.07. The maximum atomic E-state index is 10.7. The number of benzene rings is 1. The van der Waals surface area contributed by atoms with Crippen LogP contribution in [-0.4, -0.2) is 18.2 Å². The maximum absolute atomic E-state index is 10.7. The summed E-state index contributed by atoms with van der Waals surface area (Å²) in [5.74, 6) is -0.152. The van der Waals surface area contributed by atoms with Gasteiger partial charge in [-0.05, 0) is 29.5 Å². The number of carbonyl (C=O) groups is 1. The molecule has 0 aromatic heterocycles. The summed E-state index contributed by atoms with van der Waals surface area (Å²) in [5, 5.41) is 9.37. The van der Waals surface area contributed by atoms with E-state index in [0.717, 1.165) is 5.56 Å². The zero-order valence-corrected chi connectivity index (χ0v) is 11.0. The number of hydrogen-bond donors (Lipinski definition) is 1. The van der Waals surface area contributed by atoms with Crippen molar-refractivity contribution >= 4 is 17.6 Å². The molecule has 0 aliphatic rings. The van der Waals surface area contributed by atoms with Crippen LogP contribution in [0.15, 0.2) is 18.2 Å². The van der Waals surface area contributed by atoms with Crippen LogP contribution in [0.25, 0.3) is 0 Å². The van der Waals surface area contributed by atoms with Crippen LogP contribution in [0.2, 0.25) is 5.02 Å². The Bertz CT molecular complexity index is 413. The van der Waals surface area contributed by atoms with Crippen molar-refractivity contribution in [2.45, 2.75) is 26.7 Å². The first-order chi connectivity index (χ1) is 7.84. The fourth-order valence-corrected chi connectivity index (χ4v) is 2.12. The van der Waals surface area contributed by atoms with E-state index in [-0.39, 0.29) is 11.8 Å². The van der Waals surface area contributed by atoms with E-state index in [1.807, 2.05) is 26.0 Å². The largest absolute Gasteiger partial charge is 0.495 e. The molecule has 0 fully saturated rings. The van der Waals surface area contributed by atoms with Crippen molar-refractivity contribution < 1.29 is 14.6 Å². The topological polar surface area (TPSA) is 46.5 Å². The number of carboxylic acids is 1. The van der Waals surface area contributed by atoms with Gasteiger partial charge in [0.1, 0.15) is 5.75 Å². The lowest BCUT2D eigenvalue weighted by atomic mass is 9.83. The molecule has 0 saturated carbocycles. The van der Waals surface area contributed by atoms with Crippen LogP contribution in [-0.2, 0) is 11.2 Å². The van der Waals surface area contributed by atoms with Gasteiger partial charge in [-0.3, -0.25) is 4.79 Å². The van der Waals surface area contributed by atoms with Crippen molar-refractivity contribution in [2.75, 3.05) is 7.11 Å². The summed E-state index contributed by atoms with van der Waals surface area (Å²) in [6, 6.07) is 5.53. The Morgan fingerprint density at radius 2 is 2.12 bits per heavy atom. The van der Waals surface area contributed by atoms with Gasteiger partial charge in [0.15, 0.2) is 0 Å². The van der Waals surface area contributed by atoms with E-state index in [2.05, 4.69) is 0 Å². The fraction of sp³-hybridized carbons (Fsp3) is 0.462. The molecule has 1 rings (SSSR count). The molecule has 3 nitrogen and oxygen atoms in total. The Morgan fingerprint density at radius 1 is 1.47 bits per heavy atom. The number of aliphatic carboxylic acids is 1. The van der Waals surface area contributed by atoms with E-state index in [0.29, 0.717) is 17.2 Å².